The Bertz CT molecular complexity index is 1560. The van der Waals surface area contributed by atoms with Gasteiger partial charge in [0.25, 0.3) is 5.56 Å². The summed E-state index contributed by atoms with van der Waals surface area (Å²) in [6.45, 7) is 1.78. The fourth-order valence-electron chi connectivity index (χ4n) is 4.35. The number of benzene rings is 2. The van der Waals surface area contributed by atoms with Gasteiger partial charge in [-0.15, -0.1) is 21.5 Å². The molecule has 9 heteroatoms. The number of hydrogen-bond donors (Lipinski definition) is 0. The summed E-state index contributed by atoms with van der Waals surface area (Å²) in [6.07, 6.45) is 0.858. The van der Waals surface area contributed by atoms with E-state index in [-0.39, 0.29) is 5.56 Å². The van der Waals surface area contributed by atoms with Gasteiger partial charge in [-0.1, -0.05) is 59.8 Å². The number of thioether (sulfide) groups is 1. The van der Waals surface area contributed by atoms with Crippen LogP contribution in [0.1, 0.15) is 16.0 Å². The van der Waals surface area contributed by atoms with E-state index in [9.17, 15) is 4.79 Å². The first-order valence-corrected chi connectivity index (χ1v) is 12.8. The fraction of sp³-hybridized carbons (Fsp3) is 0.208. The van der Waals surface area contributed by atoms with Gasteiger partial charge in [-0.2, -0.15) is 0 Å². The smallest absolute Gasteiger partial charge is 0.268 e. The zero-order valence-corrected chi connectivity index (χ0v) is 20.3. The van der Waals surface area contributed by atoms with Gasteiger partial charge in [-0.3, -0.25) is 4.79 Å². The first-order valence-electron chi connectivity index (χ1n) is 10.7. The lowest BCUT2D eigenvalue weighted by Gasteiger charge is -2.21. The largest absolute Gasteiger partial charge is 0.301 e. The Hall–Kier alpha value is -2.65. The van der Waals surface area contributed by atoms with Crippen LogP contribution < -0.4 is 5.56 Å². The second-order valence-electron chi connectivity index (χ2n) is 8.18. The van der Waals surface area contributed by atoms with Gasteiger partial charge in [-0.25, -0.2) is 8.97 Å². The Labute approximate surface area is 203 Å². The van der Waals surface area contributed by atoms with Crippen molar-refractivity contribution < 1.29 is 0 Å². The van der Waals surface area contributed by atoms with E-state index in [1.807, 2.05) is 34.7 Å². The van der Waals surface area contributed by atoms with Crippen LogP contribution in [0.4, 0.5) is 0 Å². The molecular weight excluding hydrogens is 474 g/mol. The molecule has 0 amide bonds. The molecule has 0 spiro atoms. The van der Waals surface area contributed by atoms with E-state index >= 15 is 0 Å². The van der Waals surface area contributed by atoms with Crippen LogP contribution in [-0.4, -0.2) is 37.7 Å². The molecule has 0 saturated heterocycles. The number of rotatable bonds is 4. The molecule has 5 aromatic rings. The summed E-state index contributed by atoms with van der Waals surface area (Å²) in [5, 5.41) is 11.1. The Morgan fingerprint density at radius 2 is 1.97 bits per heavy atom. The lowest BCUT2D eigenvalue weighted by molar-refractivity contribution is 0.318. The molecule has 0 unspecified atom stereocenters. The van der Waals surface area contributed by atoms with Crippen molar-refractivity contribution in [1.29, 1.82) is 0 Å². The van der Waals surface area contributed by atoms with E-state index in [1.54, 1.807) is 39.8 Å². The number of hydrogen-bond acceptors (Lipinski definition) is 6. The standard InChI is InChI=1S/C24H20ClN5OS2/c1-28-11-10-18-19(13-28)33-22-20(18)21(31)29(17-9-5-8-16(25)12-17)23-26-27-24(30(22)23)32-14-15-6-3-2-4-7-15/h2-9,12H,10-11,13-14H2,1H3. The van der Waals surface area contributed by atoms with Gasteiger partial charge >= 0.3 is 0 Å². The molecule has 0 saturated carbocycles. The minimum atomic E-state index is -0.0613. The highest BCUT2D eigenvalue weighted by molar-refractivity contribution is 7.98. The molecule has 0 radical (unpaired) electrons. The quantitative estimate of drug-likeness (QED) is 0.329. The van der Waals surface area contributed by atoms with E-state index in [1.165, 1.54) is 10.4 Å². The Kier molecular flexibility index (Phi) is 5.25. The van der Waals surface area contributed by atoms with Gasteiger partial charge in [0.1, 0.15) is 4.83 Å². The first-order chi connectivity index (χ1) is 16.1. The maximum absolute atomic E-state index is 13.9. The van der Waals surface area contributed by atoms with Crippen LogP contribution in [0.25, 0.3) is 21.7 Å². The summed E-state index contributed by atoms with van der Waals surface area (Å²) in [5.41, 5.74) is 3.00. The summed E-state index contributed by atoms with van der Waals surface area (Å²) in [7, 11) is 2.12. The van der Waals surface area contributed by atoms with Crippen LogP contribution in [0.2, 0.25) is 5.02 Å². The minimum absolute atomic E-state index is 0.0613. The van der Waals surface area contributed by atoms with Crippen LogP contribution in [0.3, 0.4) is 0 Å². The van der Waals surface area contributed by atoms with Gasteiger partial charge in [0.2, 0.25) is 5.78 Å². The highest BCUT2D eigenvalue weighted by atomic mass is 35.5. The molecule has 33 heavy (non-hydrogen) atoms. The topological polar surface area (TPSA) is 55.4 Å². The molecule has 0 bridgehead atoms. The van der Waals surface area contributed by atoms with Gasteiger partial charge in [0.05, 0.1) is 11.1 Å². The second kappa shape index (κ2) is 8.29. The normalized spacial score (nSPS) is 14.2. The maximum Gasteiger partial charge on any atom is 0.268 e. The van der Waals surface area contributed by atoms with E-state index < -0.39 is 0 Å². The summed E-state index contributed by atoms with van der Waals surface area (Å²) in [4.78, 5) is 18.3. The Morgan fingerprint density at radius 3 is 2.79 bits per heavy atom. The number of halogens is 1. The monoisotopic (exact) mass is 493 g/mol. The molecule has 0 N–H and O–H groups in total. The third-order valence-corrected chi connectivity index (χ3v) is 8.38. The van der Waals surface area contributed by atoms with Crippen LogP contribution in [0, 0.1) is 0 Å². The molecule has 1 aliphatic rings. The highest BCUT2D eigenvalue weighted by Crippen LogP contribution is 2.36. The fourth-order valence-corrected chi connectivity index (χ4v) is 6.89. The lowest BCUT2D eigenvalue weighted by Crippen LogP contribution is -2.27. The SMILES string of the molecule is CN1CCc2c(sc3c2c(=O)n(-c2cccc(Cl)c2)c2nnc(SCc4ccccc4)n32)C1. The van der Waals surface area contributed by atoms with Crippen molar-refractivity contribution in [2.75, 3.05) is 13.6 Å². The number of likely N-dealkylation sites (N-methyl/N-ethyl adjacent to an activating group) is 1. The lowest BCUT2D eigenvalue weighted by atomic mass is 10.1. The Balaban J connectivity index is 1.62. The van der Waals surface area contributed by atoms with Crippen molar-refractivity contribution in [1.82, 2.24) is 24.1 Å². The van der Waals surface area contributed by atoms with E-state index in [0.29, 0.717) is 16.5 Å². The Morgan fingerprint density at radius 1 is 1.12 bits per heavy atom. The van der Waals surface area contributed by atoms with Crippen LogP contribution in [-0.2, 0) is 18.7 Å². The second-order valence-corrected chi connectivity index (χ2v) is 10.6. The van der Waals surface area contributed by atoms with Crippen molar-refractivity contribution in [3.63, 3.8) is 0 Å². The van der Waals surface area contributed by atoms with Crippen molar-refractivity contribution in [3.05, 3.63) is 86.0 Å². The average molecular weight is 494 g/mol. The molecule has 4 heterocycles. The highest BCUT2D eigenvalue weighted by Gasteiger charge is 2.26. The summed E-state index contributed by atoms with van der Waals surface area (Å²) in [6, 6.07) is 17.6. The number of aromatic nitrogens is 4. The van der Waals surface area contributed by atoms with E-state index in [2.05, 4.69) is 34.3 Å². The molecule has 2 aromatic carbocycles. The van der Waals surface area contributed by atoms with E-state index in [4.69, 9.17) is 11.6 Å². The number of thiophene rings is 1. The van der Waals surface area contributed by atoms with Crippen molar-refractivity contribution in [2.24, 2.45) is 0 Å². The third-order valence-electron chi connectivity index (χ3n) is 5.94. The minimum Gasteiger partial charge on any atom is -0.301 e. The van der Waals surface area contributed by atoms with Gasteiger partial charge in [0.15, 0.2) is 5.16 Å². The number of nitrogens with zero attached hydrogens (tertiary/aromatic N) is 5. The zero-order chi connectivity index (χ0) is 22.5. The molecule has 3 aromatic heterocycles. The summed E-state index contributed by atoms with van der Waals surface area (Å²) >= 11 is 9.60. The average Bonchev–Trinajstić information content (AvgIpc) is 3.39. The van der Waals surface area contributed by atoms with Crippen LogP contribution in [0.15, 0.2) is 64.5 Å². The molecule has 0 aliphatic carbocycles. The third kappa shape index (κ3) is 3.58. The molecule has 0 fully saturated rings. The van der Waals surface area contributed by atoms with Crippen LogP contribution >= 0.6 is 34.7 Å². The van der Waals surface area contributed by atoms with Crippen molar-refractivity contribution in [3.8, 4) is 5.69 Å². The van der Waals surface area contributed by atoms with Gasteiger partial charge < -0.3 is 4.90 Å². The molecule has 166 valence electrons. The van der Waals surface area contributed by atoms with Gasteiger partial charge in [0, 0.05) is 28.7 Å². The predicted molar refractivity (Wildman–Crippen MR) is 135 cm³/mol. The molecule has 6 nitrogen and oxygen atoms in total. The predicted octanol–water partition coefficient (Wildman–Crippen LogP) is 5.03. The molecule has 6 rings (SSSR count). The van der Waals surface area contributed by atoms with Crippen LogP contribution in [0.5, 0.6) is 0 Å². The summed E-state index contributed by atoms with van der Waals surface area (Å²) < 4.78 is 3.70. The number of fused-ring (bicyclic) bond motifs is 5. The molecule has 1 aliphatic heterocycles. The summed E-state index contributed by atoms with van der Waals surface area (Å²) in [5.74, 6) is 1.28. The van der Waals surface area contributed by atoms with E-state index in [0.717, 1.165) is 46.2 Å². The van der Waals surface area contributed by atoms with Gasteiger partial charge in [-0.05, 0) is 42.8 Å². The molecule has 0 atom stereocenters. The van der Waals surface area contributed by atoms with Crippen molar-refractivity contribution >= 4 is 50.7 Å². The molecular formula is C24H20ClN5OS2. The zero-order valence-electron chi connectivity index (χ0n) is 17.9. The first kappa shape index (κ1) is 20.9. The maximum atomic E-state index is 13.9. The van der Waals surface area contributed by atoms with Crippen molar-refractivity contribution in [2.45, 2.75) is 23.9 Å².